The molecule has 192 valence electrons. The summed E-state index contributed by atoms with van der Waals surface area (Å²) < 4.78 is 51.2. The molecule has 0 N–H and O–H groups in total. The molecular weight excluding hydrogens is 491 g/mol. The number of alkyl halides is 3. The van der Waals surface area contributed by atoms with Crippen LogP contribution in [0.1, 0.15) is 72.1 Å². The third kappa shape index (κ3) is 6.72. The fraction of sp³-hybridized carbons (Fsp3) is 0.370. The zero-order chi connectivity index (χ0) is 26.6. The van der Waals surface area contributed by atoms with Crippen LogP contribution in [-0.2, 0) is 22.1 Å². The number of rotatable bonds is 9. The second-order valence-corrected chi connectivity index (χ2v) is 9.76. The molecule has 36 heavy (non-hydrogen) atoms. The first-order chi connectivity index (χ1) is 16.9. The molecule has 0 bridgehead atoms. The quantitative estimate of drug-likeness (QED) is 0.168. The van der Waals surface area contributed by atoms with E-state index in [1.807, 2.05) is 13.8 Å². The van der Waals surface area contributed by atoms with E-state index >= 15 is 0 Å². The molecule has 2 aromatic carbocycles. The Hall–Kier alpha value is -3.20. The number of carbonyl (C=O) groups is 2. The third-order valence-corrected chi connectivity index (χ3v) is 6.86. The zero-order valence-electron chi connectivity index (χ0n) is 20.7. The Morgan fingerprint density at radius 3 is 2.39 bits per heavy atom. The van der Waals surface area contributed by atoms with Crippen LogP contribution in [0, 0.1) is 6.92 Å². The first kappa shape index (κ1) is 27.4. The maximum absolute atomic E-state index is 13.5. The molecule has 0 aliphatic rings. The molecule has 3 aromatic rings. The fourth-order valence-corrected chi connectivity index (χ4v) is 4.95. The van der Waals surface area contributed by atoms with E-state index in [0.29, 0.717) is 34.0 Å². The van der Waals surface area contributed by atoms with Crippen molar-refractivity contribution in [2.75, 3.05) is 0 Å². The van der Waals surface area contributed by atoms with Crippen molar-refractivity contribution in [3.63, 3.8) is 0 Å². The van der Waals surface area contributed by atoms with Crippen molar-refractivity contribution >= 4 is 23.1 Å². The van der Waals surface area contributed by atoms with E-state index in [-0.39, 0.29) is 23.7 Å². The predicted molar refractivity (Wildman–Crippen MR) is 132 cm³/mol. The van der Waals surface area contributed by atoms with Crippen LogP contribution in [0.4, 0.5) is 13.2 Å². The number of esters is 1. The molecule has 1 aromatic heterocycles. The van der Waals surface area contributed by atoms with E-state index in [0.717, 1.165) is 10.9 Å². The summed E-state index contributed by atoms with van der Waals surface area (Å²) in [5.41, 5.74) is 1.16. The van der Waals surface area contributed by atoms with Gasteiger partial charge in [-0.25, -0.2) is 4.98 Å². The van der Waals surface area contributed by atoms with Crippen LogP contribution < -0.4 is 4.74 Å². The second-order valence-electron chi connectivity index (χ2n) is 8.73. The van der Waals surface area contributed by atoms with Crippen LogP contribution >= 0.6 is 11.3 Å². The Labute approximate surface area is 212 Å². The van der Waals surface area contributed by atoms with Gasteiger partial charge in [0.1, 0.15) is 10.8 Å². The number of ether oxygens (including phenoxy) is 2. The average molecular weight is 520 g/mol. The monoisotopic (exact) mass is 519 g/mol. The van der Waals surface area contributed by atoms with Crippen molar-refractivity contribution in [2.45, 2.75) is 65.8 Å². The summed E-state index contributed by atoms with van der Waals surface area (Å²) in [6, 6.07) is 10.4. The molecule has 0 amide bonds. The van der Waals surface area contributed by atoms with E-state index in [2.05, 4.69) is 4.98 Å². The number of carbonyl (C=O) groups excluding carboxylic acids is 2. The van der Waals surface area contributed by atoms with Gasteiger partial charge in [0.2, 0.25) is 6.29 Å². The van der Waals surface area contributed by atoms with Gasteiger partial charge in [0.15, 0.2) is 5.78 Å². The van der Waals surface area contributed by atoms with Gasteiger partial charge in [-0.1, -0.05) is 32.0 Å². The molecule has 0 radical (unpaired) electrons. The topological polar surface area (TPSA) is 65.5 Å². The minimum absolute atomic E-state index is 0.0451. The summed E-state index contributed by atoms with van der Waals surface area (Å²) in [5.74, 6) is -0.0235. The van der Waals surface area contributed by atoms with Gasteiger partial charge < -0.3 is 9.47 Å². The van der Waals surface area contributed by atoms with Gasteiger partial charge in [-0.15, -0.1) is 11.3 Å². The summed E-state index contributed by atoms with van der Waals surface area (Å²) in [6.07, 6.45) is -4.77. The summed E-state index contributed by atoms with van der Waals surface area (Å²) in [4.78, 5) is 29.4. The third-order valence-electron chi connectivity index (χ3n) is 5.43. The van der Waals surface area contributed by atoms with Gasteiger partial charge >= 0.3 is 12.1 Å². The van der Waals surface area contributed by atoms with Gasteiger partial charge in [-0.2, -0.15) is 13.2 Å². The van der Waals surface area contributed by atoms with Crippen LogP contribution in [0.5, 0.6) is 5.75 Å². The standard InChI is InChI=1S/C27H28F3NO4S/c1-15(2)25-22(31-26(36-25)20-8-6-7-9-21(20)27(28,29)30)11-12-23(33)19-10-13-24(16(3)14-19)35-18(5)34-17(4)32/h6-10,13-15,18H,11-12H2,1-5H3. The van der Waals surface area contributed by atoms with Crippen molar-refractivity contribution in [3.8, 4) is 16.3 Å². The minimum Gasteiger partial charge on any atom is -0.455 e. The highest BCUT2D eigenvalue weighted by atomic mass is 32.1. The Morgan fingerprint density at radius 1 is 1.08 bits per heavy atom. The van der Waals surface area contributed by atoms with Crippen molar-refractivity contribution < 1.29 is 32.2 Å². The largest absolute Gasteiger partial charge is 0.455 e. The van der Waals surface area contributed by atoms with Gasteiger partial charge in [-0.3, -0.25) is 9.59 Å². The zero-order valence-corrected chi connectivity index (χ0v) is 21.5. The summed E-state index contributed by atoms with van der Waals surface area (Å²) in [6.45, 7) is 8.59. The number of aromatic nitrogens is 1. The summed E-state index contributed by atoms with van der Waals surface area (Å²) in [5, 5.41) is 0.299. The second kappa shape index (κ2) is 11.2. The maximum Gasteiger partial charge on any atom is 0.417 e. The van der Waals surface area contributed by atoms with Crippen molar-refractivity contribution in [2.24, 2.45) is 0 Å². The Bertz CT molecular complexity index is 1250. The van der Waals surface area contributed by atoms with Crippen LogP contribution in [0.25, 0.3) is 10.6 Å². The number of benzene rings is 2. The smallest absolute Gasteiger partial charge is 0.417 e. The molecule has 0 spiro atoms. The molecule has 1 unspecified atom stereocenters. The molecule has 3 rings (SSSR count). The number of ketones is 1. The van der Waals surface area contributed by atoms with E-state index < -0.39 is 24.0 Å². The molecule has 1 atom stereocenters. The first-order valence-electron chi connectivity index (χ1n) is 11.5. The van der Waals surface area contributed by atoms with Gasteiger partial charge in [0.05, 0.1) is 11.3 Å². The number of Topliss-reactive ketones (excluding diaryl/α,β-unsaturated/α-hetero) is 1. The molecule has 0 saturated heterocycles. The highest BCUT2D eigenvalue weighted by Crippen LogP contribution is 2.40. The Morgan fingerprint density at radius 2 is 1.78 bits per heavy atom. The highest BCUT2D eigenvalue weighted by molar-refractivity contribution is 7.15. The molecular formula is C27H28F3NO4S. The van der Waals surface area contributed by atoms with Crippen LogP contribution in [-0.4, -0.2) is 23.0 Å². The molecule has 0 fully saturated rings. The predicted octanol–water partition coefficient (Wildman–Crippen LogP) is 7.36. The Kier molecular flexibility index (Phi) is 8.55. The van der Waals surface area contributed by atoms with Crippen LogP contribution in [0.3, 0.4) is 0 Å². The molecule has 0 aliphatic heterocycles. The minimum atomic E-state index is -4.49. The summed E-state index contributed by atoms with van der Waals surface area (Å²) in [7, 11) is 0. The lowest BCUT2D eigenvalue weighted by atomic mass is 10.0. The number of aryl methyl sites for hydroxylation is 2. The fourth-order valence-electron chi connectivity index (χ4n) is 3.79. The molecule has 0 saturated carbocycles. The van der Waals surface area contributed by atoms with E-state index in [1.54, 1.807) is 38.1 Å². The van der Waals surface area contributed by atoms with Crippen molar-refractivity contribution in [3.05, 3.63) is 69.7 Å². The number of hydrogen-bond acceptors (Lipinski definition) is 6. The number of thiazole rings is 1. The maximum atomic E-state index is 13.5. The van der Waals surface area contributed by atoms with Crippen LogP contribution in [0.2, 0.25) is 0 Å². The SMILES string of the molecule is CC(=O)OC(C)Oc1ccc(C(=O)CCc2nc(-c3ccccc3C(F)(F)F)sc2C(C)C)cc1C. The molecule has 1 heterocycles. The van der Waals surface area contributed by atoms with Gasteiger partial charge in [-0.05, 0) is 49.1 Å². The molecule has 9 heteroatoms. The van der Waals surface area contributed by atoms with E-state index in [1.165, 1.54) is 30.4 Å². The first-order valence-corrected chi connectivity index (χ1v) is 12.3. The number of halogens is 3. The Balaban J connectivity index is 1.78. The molecule has 5 nitrogen and oxygen atoms in total. The lowest BCUT2D eigenvalue weighted by Crippen LogP contribution is -2.19. The number of nitrogens with zero attached hydrogens (tertiary/aromatic N) is 1. The lowest BCUT2D eigenvalue weighted by Gasteiger charge is -2.16. The molecule has 0 aliphatic carbocycles. The van der Waals surface area contributed by atoms with E-state index in [9.17, 15) is 22.8 Å². The van der Waals surface area contributed by atoms with Crippen LogP contribution in [0.15, 0.2) is 42.5 Å². The summed E-state index contributed by atoms with van der Waals surface area (Å²) >= 11 is 1.24. The van der Waals surface area contributed by atoms with Crippen molar-refractivity contribution in [1.82, 2.24) is 4.98 Å². The average Bonchev–Trinajstić information content (AvgIpc) is 3.22. The van der Waals surface area contributed by atoms with Gasteiger partial charge in [0.25, 0.3) is 0 Å². The highest BCUT2D eigenvalue weighted by Gasteiger charge is 2.34. The lowest BCUT2D eigenvalue weighted by molar-refractivity contribution is -0.158. The number of hydrogen-bond donors (Lipinski definition) is 0. The van der Waals surface area contributed by atoms with Gasteiger partial charge in [0, 0.05) is 36.3 Å². The van der Waals surface area contributed by atoms with Crippen molar-refractivity contribution in [1.29, 1.82) is 0 Å². The van der Waals surface area contributed by atoms with E-state index in [4.69, 9.17) is 9.47 Å². The normalized spacial score (nSPS) is 12.5.